The van der Waals surface area contributed by atoms with E-state index in [1.165, 1.54) is 12.2 Å². The van der Waals surface area contributed by atoms with Gasteiger partial charge < -0.3 is 4.90 Å². The van der Waals surface area contributed by atoms with Gasteiger partial charge in [0.1, 0.15) is 11.6 Å². The highest BCUT2D eigenvalue weighted by atomic mass is 32.1. The number of nitrogens with one attached hydrogen (secondary N) is 1. The van der Waals surface area contributed by atoms with Gasteiger partial charge >= 0.3 is 17.1 Å². The molecule has 3 aromatic rings. The number of para-hydroxylation sites is 1. The highest BCUT2D eigenvalue weighted by Crippen LogP contribution is 2.20. The number of nitrogens with zero attached hydrogens (tertiary/aromatic N) is 4. The zero-order valence-electron chi connectivity index (χ0n) is 15.6. The summed E-state index contributed by atoms with van der Waals surface area (Å²) in [5.74, 6) is 0. The normalized spacial score (nSPS) is 12.2. The molecular weight excluding hydrogens is 378 g/mol. The third-order valence-corrected chi connectivity index (χ3v) is 5.26. The highest BCUT2D eigenvalue weighted by Gasteiger charge is 2.18. The number of quaternary nitrogens is 1. The number of thiazole rings is 1. The minimum atomic E-state index is -0.658. The van der Waals surface area contributed by atoms with Crippen LogP contribution >= 0.6 is 11.3 Å². The van der Waals surface area contributed by atoms with Gasteiger partial charge in [-0.05, 0) is 12.1 Å². The Bertz CT molecular complexity index is 1120. The average molecular weight is 400 g/mol. The van der Waals surface area contributed by atoms with E-state index in [0.29, 0.717) is 6.54 Å². The maximum atomic E-state index is 12.7. The Hall–Kier alpha value is -3.04. The number of benzene rings is 1. The van der Waals surface area contributed by atoms with Gasteiger partial charge in [-0.3, -0.25) is 0 Å². The number of hydrogen-bond acceptors (Lipinski definition) is 5. The average Bonchev–Trinajstić information content (AvgIpc) is 3.08. The Morgan fingerprint density at radius 3 is 2.14 bits per heavy atom. The van der Waals surface area contributed by atoms with E-state index < -0.39 is 17.1 Å². The zero-order valence-corrected chi connectivity index (χ0v) is 16.4. The molecule has 0 saturated carbocycles. The predicted octanol–water partition coefficient (Wildman–Crippen LogP) is -0.174. The molecule has 28 heavy (non-hydrogen) atoms. The van der Waals surface area contributed by atoms with Crippen molar-refractivity contribution in [2.75, 3.05) is 7.05 Å². The summed E-state index contributed by atoms with van der Waals surface area (Å²) in [7, 11) is 1.87. The van der Waals surface area contributed by atoms with E-state index in [2.05, 4.69) is 18.1 Å². The van der Waals surface area contributed by atoms with Crippen molar-refractivity contribution in [2.24, 2.45) is 0 Å². The molecule has 0 aliphatic rings. The SMILES string of the molecule is C=CCn1c(=O)n(CC=C)c(=O)n(C[NH+](C)Cc2nc3ccccc3s2)c1=O. The number of fused-ring (bicyclic) bond motifs is 1. The van der Waals surface area contributed by atoms with Crippen LogP contribution < -0.4 is 22.0 Å². The van der Waals surface area contributed by atoms with Gasteiger partial charge in [0.15, 0.2) is 6.67 Å². The molecule has 1 unspecified atom stereocenters. The first-order chi connectivity index (χ1) is 13.5. The summed E-state index contributed by atoms with van der Waals surface area (Å²) < 4.78 is 4.18. The van der Waals surface area contributed by atoms with Crippen LogP contribution in [-0.2, 0) is 26.3 Å². The van der Waals surface area contributed by atoms with Gasteiger partial charge in [0.25, 0.3) is 0 Å². The molecule has 2 aromatic heterocycles. The third kappa shape index (κ3) is 3.80. The summed E-state index contributed by atoms with van der Waals surface area (Å²) in [5.41, 5.74) is -1.01. The molecular formula is C19H22N5O3S+. The molecule has 0 saturated heterocycles. The third-order valence-electron chi connectivity index (χ3n) is 4.23. The van der Waals surface area contributed by atoms with E-state index in [0.717, 1.165) is 33.8 Å². The lowest BCUT2D eigenvalue weighted by Crippen LogP contribution is -3.07. The molecule has 0 radical (unpaired) electrons. The first-order valence-corrected chi connectivity index (χ1v) is 9.60. The maximum absolute atomic E-state index is 12.7. The first kappa shape index (κ1) is 19.7. The molecule has 8 nitrogen and oxygen atoms in total. The van der Waals surface area contributed by atoms with Gasteiger partial charge in [0.2, 0.25) is 0 Å². The lowest BCUT2D eigenvalue weighted by atomic mass is 10.3. The van der Waals surface area contributed by atoms with Crippen LogP contribution in [0.25, 0.3) is 10.2 Å². The summed E-state index contributed by atoms with van der Waals surface area (Å²) in [5, 5.41) is 0.914. The molecule has 0 fully saturated rings. The molecule has 3 rings (SSSR count). The fourth-order valence-electron chi connectivity index (χ4n) is 2.97. The van der Waals surface area contributed by atoms with Crippen molar-refractivity contribution in [3.05, 3.63) is 86.0 Å². The van der Waals surface area contributed by atoms with Crippen molar-refractivity contribution in [2.45, 2.75) is 26.3 Å². The van der Waals surface area contributed by atoms with Crippen LogP contribution in [0.3, 0.4) is 0 Å². The van der Waals surface area contributed by atoms with Gasteiger partial charge in [-0.15, -0.1) is 24.5 Å². The van der Waals surface area contributed by atoms with E-state index in [4.69, 9.17) is 0 Å². The zero-order chi connectivity index (χ0) is 20.3. The van der Waals surface area contributed by atoms with Gasteiger partial charge in [-0.1, -0.05) is 24.3 Å². The first-order valence-electron chi connectivity index (χ1n) is 8.78. The lowest BCUT2D eigenvalue weighted by molar-refractivity contribution is -0.917. The molecule has 0 spiro atoms. The van der Waals surface area contributed by atoms with E-state index in [9.17, 15) is 14.4 Å². The number of aromatic nitrogens is 4. The lowest BCUT2D eigenvalue weighted by Gasteiger charge is -2.16. The molecule has 0 amide bonds. The van der Waals surface area contributed by atoms with Crippen molar-refractivity contribution in [1.82, 2.24) is 18.7 Å². The van der Waals surface area contributed by atoms with Crippen molar-refractivity contribution >= 4 is 21.6 Å². The summed E-state index contributed by atoms with van der Waals surface area (Å²) in [6.07, 6.45) is 2.90. The fraction of sp³-hybridized carbons (Fsp3) is 0.263. The fourth-order valence-corrected chi connectivity index (χ4v) is 4.05. The van der Waals surface area contributed by atoms with Crippen LogP contribution in [0.1, 0.15) is 5.01 Å². The van der Waals surface area contributed by atoms with Crippen LogP contribution in [0.4, 0.5) is 0 Å². The Labute approximate surface area is 164 Å². The largest absolute Gasteiger partial charge is 0.341 e. The van der Waals surface area contributed by atoms with Crippen molar-refractivity contribution in [1.29, 1.82) is 0 Å². The summed E-state index contributed by atoms with van der Waals surface area (Å²) >= 11 is 1.59. The van der Waals surface area contributed by atoms with E-state index >= 15 is 0 Å². The van der Waals surface area contributed by atoms with Gasteiger partial charge in [0.05, 0.1) is 30.4 Å². The monoisotopic (exact) mass is 400 g/mol. The number of hydrogen-bond donors (Lipinski definition) is 1. The highest BCUT2D eigenvalue weighted by molar-refractivity contribution is 7.18. The molecule has 9 heteroatoms. The molecule has 1 aromatic carbocycles. The molecule has 146 valence electrons. The van der Waals surface area contributed by atoms with Gasteiger partial charge in [-0.25, -0.2) is 28.5 Å². The smallest absolute Gasteiger partial charge is 0.314 e. The second kappa shape index (κ2) is 8.32. The van der Waals surface area contributed by atoms with Crippen molar-refractivity contribution < 1.29 is 4.90 Å². The molecule has 0 aliphatic heterocycles. The maximum Gasteiger partial charge on any atom is 0.341 e. The molecule has 2 heterocycles. The Morgan fingerprint density at radius 2 is 1.57 bits per heavy atom. The minimum Gasteiger partial charge on any atom is -0.314 e. The predicted molar refractivity (Wildman–Crippen MR) is 110 cm³/mol. The number of allylic oxidation sites excluding steroid dienone is 2. The van der Waals surface area contributed by atoms with Gasteiger partial charge in [-0.2, -0.15) is 4.57 Å². The van der Waals surface area contributed by atoms with E-state index in [1.54, 1.807) is 11.3 Å². The van der Waals surface area contributed by atoms with Crippen LogP contribution in [0.2, 0.25) is 0 Å². The molecule has 0 aliphatic carbocycles. The summed E-state index contributed by atoms with van der Waals surface area (Å²) in [6.45, 7) is 7.88. The minimum absolute atomic E-state index is 0.0337. The summed E-state index contributed by atoms with van der Waals surface area (Å²) in [6, 6.07) is 7.86. The second-order valence-corrected chi connectivity index (χ2v) is 7.56. The quantitative estimate of drug-likeness (QED) is 0.532. The topological polar surface area (TPSA) is 83.3 Å². The van der Waals surface area contributed by atoms with E-state index in [1.807, 2.05) is 31.3 Å². The van der Waals surface area contributed by atoms with E-state index in [-0.39, 0.29) is 19.8 Å². The van der Waals surface area contributed by atoms with Crippen LogP contribution in [0.5, 0.6) is 0 Å². The van der Waals surface area contributed by atoms with Crippen LogP contribution in [0.15, 0.2) is 64.0 Å². The number of rotatable bonds is 8. The Balaban J connectivity index is 1.94. The second-order valence-electron chi connectivity index (χ2n) is 6.44. The standard InChI is InChI=1S/C19H21N5O3S/c1-4-10-22-17(25)23(11-5-2)19(27)24(18(22)26)13-21(3)12-16-20-14-8-6-7-9-15(14)28-16/h4-9H,1-2,10-13H2,3H3/p+1. The molecule has 1 atom stereocenters. The molecule has 0 bridgehead atoms. The van der Waals surface area contributed by atoms with Crippen LogP contribution in [-0.4, -0.2) is 25.7 Å². The van der Waals surface area contributed by atoms with Crippen LogP contribution in [0, 0.1) is 0 Å². The van der Waals surface area contributed by atoms with Crippen molar-refractivity contribution in [3.63, 3.8) is 0 Å². The van der Waals surface area contributed by atoms with Crippen molar-refractivity contribution in [3.8, 4) is 0 Å². The summed E-state index contributed by atoms with van der Waals surface area (Å²) in [4.78, 5) is 43.3. The Morgan fingerprint density at radius 1 is 1.00 bits per heavy atom. The van der Waals surface area contributed by atoms with Gasteiger partial charge in [0, 0.05) is 0 Å². The Kier molecular flexibility index (Phi) is 5.86. The molecule has 1 N–H and O–H groups in total.